The van der Waals surface area contributed by atoms with Gasteiger partial charge < -0.3 is 14.2 Å². The summed E-state index contributed by atoms with van der Waals surface area (Å²) >= 11 is 1.58. The van der Waals surface area contributed by atoms with Gasteiger partial charge in [-0.15, -0.1) is 11.8 Å². The number of Topliss-reactive ketones (excluding diaryl/α,β-unsaturated/α-hetero) is 1. The molecule has 1 fully saturated rings. The van der Waals surface area contributed by atoms with E-state index in [9.17, 15) is 9.18 Å². The Hall–Kier alpha value is -2.25. The topological polar surface area (TPSA) is 56.8 Å². The van der Waals surface area contributed by atoms with Crippen LogP contribution in [0.15, 0.2) is 36.4 Å². The third-order valence-corrected chi connectivity index (χ3v) is 5.47. The lowest BCUT2D eigenvalue weighted by Crippen LogP contribution is -2.34. The Morgan fingerprint density at radius 2 is 1.81 bits per heavy atom. The van der Waals surface area contributed by atoms with Crippen LogP contribution in [0.4, 0.5) is 4.39 Å². The molecule has 2 atom stereocenters. The zero-order valence-electron chi connectivity index (χ0n) is 14.7. The summed E-state index contributed by atoms with van der Waals surface area (Å²) in [6, 6.07) is 9.31. The summed E-state index contributed by atoms with van der Waals surface area (Å²) in [5.41, 5.74) is 1.28. The average Bonchev–Trinajstić information content (AvgIpc) is 3.16. The predicted molar refractivity (Wildman–Crippen MR) is 99.0 cm³/mol. The summed E-state index contributed by atoms with van der Waals surface area (Å²) in [6.07, 6.45) is 0. The van der Waals surface area contributed by atoms with Crippen LogP contribution >= 0.6 is 11.8 Å². The number of ketones is 1. The number of methoxy groups -OCH3 is 3. The molecule has 26 heavy (non-hydrogen) atoms. The SMILES string of the molecule is COc1cc(C(=O)C2CSC(c3cccc(F)c3)N2)cc(OC)c1OC. The minimum absolute atomic E-state index is 0.0735. The van der Waals surface area contributed by atoms with E-state index in [0.29, 0.717) is 28.6 Å². The Morgan fingerprint density at radius 1 is 1.12 bits per heavy atom. The molecule has 5 nitrogen and oxygen atoms in total. The van der Waals surface area contributed by atoms with Gasteiger partial charge in [-0.25, -0.2) is 4.39 Å². The fourth-order valence-electron chi connectivity index (χ4n) is 2.91. The van der Waals surface area contributed by atoms with E-state index in [1.54, 1.807) is 30.0 Å². The van der Waals surface area contributed by atoms with Crippen molar-refractivity contribution in [2.45, 2.75) is 11.4 Å². The number of carbonyl (C=O) groups excluding carboxylic acids is 1. The van der Waals surface area contributed by atoms with Crippen molar-refractivity contribution in [1.29, 1.82) is 0 Å². The highest BCUT2D eigenvalue weighted by Gasteiger charge is 2.32. The molecule has 0 spiro atoms. The molecule has 0 saturated carbocycles. The first-order chi connectivity index (χ1) is 12.6. The number of halogens is 1. The van der Waals surface area contributed by atoms with Crippen molar-refractivity contribution in [1.82, 2.24) is 5.32 Å². The Balaban J connectivity index is 1.82. The Morgan fingerprint density at radius 3 is 2.38 bits per heavy atom. The van der Waals surface area contributed by atoms with Crippen LogP contribution in [-0.4, -0.2) is 38.9 Å². The van der Waals surface area contributed by atoms with Crippen molar-refractivity contribution in [2.75, 3.05) is 27.1 Å². The van der Waals surface area contributed by atoms with E-state index in [0.717, 1.165) is 5.56 Å². The van der Waals surface area contributed by atoms with Crippen molar-refractivity contribution in [3.05, 3.63) is 53.3 Å². The molecule has 1 N–H and O–H groups in total. The van der Waals surface area contributed by atoms with Gasteiger partial charge in [0.25, 0.3) is 0 Å². The minimum atomic E-state index is -0.379. The number of hydrogen-bond acceptors (Lipinski definition) is 6. The first-order valence-corrected chi connectivity index (χ1v) is 9.09. The van der Waals surface area contributed by atoms with Crippen LogP contribution in [0.5, 0.6) is 17.2 Å². The lowest BCUT2D eigenvalue weighted by atomic mass is 10.0. The second-order valence-electron chi connectivity index (χ2n) is 5.77. The second-order valence-corrected chi connectivity index (χ2v) is 6.90. The molecule has 1 aliphatic rings. The molecule has 0 bridgehead atoms. The Kier molecular flexibility index (Phi) is 5.68. The van der Waals surface area contributed by atoms with E-state index < -0.39 is 0 Å². The number of carbonyl (C=O) groups is 1. The van der Waals surface area contributed by atoms with Crippen molar-refractivity contribution >= 4 is 17.5 Å². The van der Waals surface area contributed by atoms with Gasteiger partial charge in [0.05, 0.1) is 32.7 Å². The largest absolute Gasteiger partial charge is 0.493 e. The maximum absolute atomic E-state index is 13.4. The molecule has 3 rings (SSSR count). The molecule has 0 aliphatic carbocycles. The molecule has 1 saturated heterocycles. The van der Waals surface area contributed by atoms with E-state index in [1.807, 2.05) is 6.07 Å². The summed E-state index contributed by atoms with van der Waals surface area (Å²) in [7, 11) is 4.53. The van der Waals surface area contributed by atoms with E-state index in [1.165, 1.54) is 33.5 Å². The number of thioether (sulfide) groups is 1. The van der Waals surface area contributed by atoms with Crippen molar-refractivity contribution in [2.24, 2.45) is 0 Å². The second kappa shape index (κ2) is 7.97. The van der Waals surface area contributed by atoms with Gasteiger partial charge in [0.2, 0.25) is 5.75 Å². The van der Waals surface area contributed by atoms with Crippen LogP contribution in [0.3, 0.4) is 0 Å². The summed E-state index contributed by atoms with van der Waals surface area (Å²) in [4.78, 5) is 12.9. The third kappa shape index (κ3) is 3.64. The third-order valence-electron chi connectivity index (χ3n) is 4.20. The molecule has 2 aromatic rings. The number of rotatable bonds is 6. The van der Waals surface area contributed by atoms with Gasteiger partial charge >= 0.3 is 0 Å². The van der Waals surface area contributed by atoms with Gasteiger partial charge in [-0.3, -0.25) is 10.1 Å². The summed E-state index contributed by atoms with van der Waals surface area (Å²) in [5.74, 6) is 1.54. The first-order valence-electron chi connectivity index (χ1n) is 8.04. The van der Waals surface area contributed by atoms with Gasteiger partial charge in [0, 0.05) is 11.3 Å². The van der Waals surface area contributed by atoms with Crippen LogP contribution < -0.4 is 19.5 Å². The highest BCUT2D eigenvalue weighted by Crippen LogP contribution is 2.39. The monoisotopic (exact) mass is 377 g/mol. The fraction of sp³-hybridized carbons (Fsp3) is 0.316. The molecule has 1 aliphatic heterocycles. The number of nitrogens with one attached hydrogen (secondary N) is 1. The standard InChI is InChI=1S/C19H20FNO4S/c1-23-15-8-12(9-16(24-2)18(15)25-3)17(22)14-10-26-19(21-14)11-5-4-6-13(20)7-11/h4-9,14,19,21H,10H2,1-3H3. The van der Waals surface area contributed by atoms with Crippen molar-refractivity contribution in [3.8, 4) is 17.2 Å². The van der Waals surface area contributed by atoms with E-state index in [-0.39, 0.29) is 23.0 Å². The quantitative estimate of drug-likeness (QED) is 0.779. The molecule has 2 unspecified atom stereocenters. The van der Waals surface area contributed by atoms with Crippen molar-refractivity contribution < 1.29 is 23.4 Å². The molecule has 0 amide bonds. The smallest absolute Gasteiger partial charge is 0.203 e. The molecular weight excluding hydrogens is 357 g/mol. The molecule has 0 radical (unpaired) electrons. The van der Waals surface area contributed by atoms with Gasteiger partial charge in [-0.05, 0) is 29.8 Å². The fourth-order valence-corrected chi connectivity index (χ4v) is 4.14. The van der Waals surface area contributed by atoms with Crippen LogP contribution in [0.2, 0.25) is 0 Å². The highest BCUT2D eigenvalue weighted by molar-refractivity contribution is 7.99. The lowest BCUT2D eigenvalue weighted by Gasteiger charge is -2.16. The number of ether oxygens (including phenoxy) is 3. The van der Waals surface area contributed by atoms with E-state index in [2.05, 4.69) is 5.32 Å². The van der Waals surface area contributed by atoms with Gasteiger partial charge in [-0.1, -0.05) is 12.1 Å². The number of benzene rings is 2. The molecule has 2 aromatic carbocycles. The van der Waals surface area contributed by atoms with Crippen LogP contribution in [0.25, 0.3) is 0 Å². The Bertz CT molecular complexity index is 789. The summed E-state index contributed by atoms with van der Waals surface area (Å²) < 4.78 is 29.3. The first kappa shape index (κ1) is 18.5. The molecule has 7 heteroatoms. The normalized spacial score (nSPS) is 19.2. The Labute approximate surface area is 155 Å². The molecular formula is C19H20FNO4S. The maximum Gasteiger partial charge on any atom is 0.203 e. The van der Waals surface area contributed by atoms with E-state index >= 15 is 0 Å². The van der Waals surface area contributed by atoms with Crippen LogP contribution in [0, 0.1) is 5.82 Å². The summed E-state index contributed by atoms with van der Waals surface area (Å²) in [6.45, 7) is 0. The predicted octanol–water partition coefficient (Wildman–Crippen LogP) is 3.44. The maximum atomic E-state index is 13.4. The van der Waals surface area contributed by atoms with Gasteiger partial charge in [-0.2, -0.15) is 0 Å². The van der Waals surface area contributed by atoms with Crippen LogP contribution in [-0.2, 0) is 0 Å². The van der Waals surface area contributed by atoms with Gasteiger partial charge in [0.1, 0.15) is 5.82 Å². The molecule has 138 valence electrons. The van der Waals surface area contributed by atoms with Gasteiger partial charge in [0.15, 0.2) is 17.3 Å². The minimum Gasteiger partial charge on any atom is -0.493 e. The lowest BCUT2D eigenvalue weighted by molar-refractivity contribution is 0.0955. The molecule has 0 aromatic heterocycles. The van der Waals surface area contributed by atoms with Crippen LogP contribution in [0.1, 0.15) is 21.3 Å². The van der Waals surface area contributed by atoms with Crippen molar-refractivity contribution in [3.63, 3.8) is 0 Å². The molecule has 1 heterocycles. The summed E-state index contributed by atoms with van der Waals surface area (Å²) in [5, 5.41) is 3.15. The zero-order chi connectivity index (χ0) is 18.7. The highest BCUT2D eigenvalue weighted by atomic mass is 32.2. The average molecular weight is 377 g/mol. The zero-order valence-corrected chi connectivity index (χ0v) is 15.6. The van der Waals surface area contributed by atoms with E-state index in [4.69, 9.17) is 14.2 Å². The number of hydrogen-bond donors (Lipinski definition) is 1.